The minimum absolute atomic E-state index is 0.194. The van der Waals surface area contributed by atoms with Gasteiger partial charge in [-0.25, -0.2) is 5.43 Å². The summed E-state index contributed by atoms with van der Waals surface area (Å²) in [5, 5.41) is 7.90. The van der Waals surface area contributed by atoms with Gasteiger partial charge in [-0.1, -0.05) is 41.4 Å². The van der Waals surface area contributed by atoms with Crippen molar-refractivity contribution in [2.75, 3.05) is 5.32 Å². The van der Waals surface area contributed by atoms with Crippen LogP contribution in [0.2, 0.25) is 10.0 Å². The molecule has 2 aromatic carbocycles. The highest BCUT2D eigenvalue weighted by Gasteiger charge is 2.28. The van der Waals surface area contributed by atoms with Gasteiger partial charge in [0, 0.05) is 28.1 Å². The predicted octanol–water partition coefficient (Wildman–Crippen LogP) is 5.62. The van der Waals surface area contributed by atoms with Gasteiger partial charge in [0.05, 0.1) is 16.4 Å². The van der Waals surface area contributed by atoms with Crippen LogP contribution in [0.25, 0.3) is 0 Å². The number of hydrazone groups is 1. The second-order valence-corrected chi connectivity index (χ2v) is 8.00. The Labute approximate surface area is 189 Å². The lowest BCUT2D eigenvalue weighted by Crippen LogP contribution is -2.22. The van der Waals surface area contributed by atoms with Gasteiger partial charge in [-0.2, -0.15) is 5.10 Å². The fourth-order valence-corrected chi connectivity index (χ4v) is 3.99. The number of benzene rings is 2. The summed E-state index contributed by atoms with van der Waals surface area (Å²) in [6.07, 6.45) is 2.17. The fraction of sp³-hybridized carbons (Fsp3) is 0.174. The Balaban J connectivity index is 1.58. The van der Waals surface area contributed by atoms with Gasteiger partial charge in [0.1, 0.15) is 5.76 Å². The zero-order valence-corrected chi connectivity index (χ0v) is 18.2. The molecule has 2 amide bonds. The lowest BCUT2D eigenvalue weighted by Gasteiger charge is -2.13. The topological polar surface area (TPSA) is 83.7 Å². The van der Waals surface area contributed by atoms with Gasteiger partial charge >= 0.3 is 0 Å². The molecule has 0 radical (unpaired) electrons. The van der Waals surface area contributed by atoms with Gasteiger partial charge in [0.15, 0.2) is 5.76 Å². The van der Waals surface area contributed by atoms with Crippen molar-refractivity contribution in [1.29, 1.82) is 0 Å². The molecule has 6 nitrogen and oxygen atoms in total. The molecule has 2 N–H and O–H groups in total. The number of fused-ring (bicyclic) bond motifs is 1. The molecule has 4 rings (SSSR count). The molecule has 0 atom stereocenters. The van der Waals surface area contributed by atoms with E-state index >= 15 is 0 Å². The Morgan fingerprint density at radius 2 is 1.81 bits per heavy atom. The van der Waals surface area contributed by atoms with E-state index < -0.39 is 5.91 Å². The lowest BCUT2D eigenvalue weighted by molar-refractivity contribution is 0.0953. The van der Waals surface area contributed by atoms with E-state index in [4.69, 9.17) is 27.6 Å². The van der Waals surface area contributed by atoms with E-state index in [1.165, 1.54) is 0 Å². The highest BCUT2D eigenvalue weighted by molar-refractivity contribution is 6.36. The molecule has 31 heavy (non-hydrogen) atoms. The largest absolute Gasteiger partial charge is 0.455 e. The van der Waals surface area contributed by atoms with Crippen LogP contribution in [0.3, 0.4) is 0 Å². The van der Waals surface area contributed by atoms with E-state index in [9.17, 15) is 9.59 Å². The van der Waals surface area contributed by atoms with Gasteiger partial charge in [0.2, 0.25) is 0 Å². The average molecular weight is 456 g/mol. The Hall–Kier alpha value is -3.09. The number of hydrogen-bond acceptors (Lipinski definition) is 4. The van der Waals surface area contributed by atoms with E-state index in [0.717, 1.165) is 12.0 Å². The second kappa shape index (κ2) is 8.96. The first-order chi connectivity index (χ1) is 14.9. The standard InChI is InChI=1S/C23H19Cl2N3O3/c1-13-20-18(27-28-22(29)14-6-3-2-4-7-14)8-5-9-19(20)31-21(13)23(30)26-17-11-10-15(24)12-16(17)25/h2-4,6-7,10-12H,5,8-9H2,1H3,(H,26,30)(H,28,29)/b27-18+. The third-order valence-corrected chi connectivity index (χ3v) is 5.59. The molecule has 3 aromatic rings. The number of halogens is 2. The van der Waals surface area contributed by atoms with Crippen molar-refractivity contribution in [2.45, 2.75) is 26.2 Å². The summed E-state index contributed by atoms with van der Waals surface area (Å²) >= 11 is 12.1. The SMILES string of the molecule is Cc1c(C(=O)Nc2ccc(Cl)cc2Cl)oc2c1/C(=N/NC(=O)c1ccccc1)CCC2. The maximum atomic E-state index is 12.8. The third kappa shape index (κ3) is 4.50. The highest BCUT2D eigenvalue weighted by Crippen LogP contribution is 2.31. The summed E-state index contributed by atoms with van der Waals surface area (Å²) in [5.41, 5.74) is 5.70. The van der Waals surface area contributed by atoms with E-state index in [1.54, 1.807) is 49.4 Å². The summed E-state index contributed by atoms with van der Waals surface area (Å²) in [6, 6.07) is 13.7. The number of rotatable bonds is 4. The zero-order chi connectivity index (χ0) is 22.0. The first-order valence-electron chi connectivity index (χ1n) is 9.75. The maximum Gasteiger partial charge on any atom is 0.291 e. The Morgan fingerprint density at radius 3 is 2.55 bits per heavy atom. The Bertz CT molecular complexity index is 1190. The molecule has 0 unspecified atom stereocenters. The number of amides is 2. The van der Waals surface area contributed by atoms with Crippen LogP contribution >= 0.6 is 23.2 Å². The van der Waals surface area contributed by atoms with Crippen LogP contribution in [0.1, 0.15) is 50.6 Å². The van der Waals surface area contributed by atoms with Gasteiger partial charge in [-0.15, -0.1) is 0 Å². The second-order valence-electron chi connectivity index (χ2n) is 7.15. The van der Waals surface area contributed by atoms with Crippen molar-refractivity contribution in [2.24, 2.45) is 5.10 Å². The van der Waals surface area contributed by atoms with E-state index in [2.05, 4.69) is 15.8 Å². The van der Waals surface area contributed by atoms with Crippen LogP contribution in [0, 0.1) is 6.92 Å². The van der Waals surface area contributed by atoms with Gasteiger partial charge < -0.3 is 9.73 Å². The van der Waals surface area contributed by atoms with Crippen molar-refractivity contribution in [1.82, 2.24) is 5.43 Å². The maximum absolute atomic E-state index is 12.8. The van der Waals surface area contributed by atoms with Gasteiger partial charge in [-0.05, 0) is 50.1 Å². The number of aryl methyl sites for hydroxylation is 1. The van der Waals surface area contributed by atoms with Crippen LogP contribution in [-0.2, 0) is 6.42 Å². The quantitative estimate of drug-likeness (QED) is 0.500. The average Bonchev–Trinajstić information content (AvgIpc) is 3.12. The zero-order valence-electron chi connectivity index (χ0n) is 16.7. The van der Waals surface area contributed by atoms with Crippen LogP contribution in [-0.4, -0.2) is 17.5 Å². The summed E-state index contributed by atoms with van der Waals surface area (Å²) in [6.45, 7) is 1.81. The van der Waals surface area contributed by atoms with Gasteiger partial charge in [-0.3, -0.25) is 9.59 Å². The number of nitrogens with one attached hydrogen (secondary N) is 2. The monoisotopic (exact) mass is 455 g/mol. The number of nitrogens with zero attached hydrogens (tertiary/aromatic N) is 1. The molecular formula is C23H19Cl2N3O3. The summed E-state index contributed by atoms with van der Waals surface area (Å²) in [7, 11) is 0. The summed E-state index contributed by atoms with van der Waals surface area (Å²) in [5.74, 6) is 0.171. The van der Waals surface area contributed by atoms with Crippen LogP contribution in [0.15, 0.2) is 58.0 Å². The molecule has 0 saturated carbocycles. The number of carbonyl (C=O) groups is 2. The minimum Gasteiger partial charge on any atom is -0.455 e. The number of furan rings is 1. The number of carbonyl (C=O) groups excluding carboxylic acids is 2. The van der Waals surface area contributed by atoms with Crippen molar-refractivity contribution in [3.63, 3.8) is 0 Å². The molecule has 1 aliphatic carbocycles. The molecule has 0 bridgehead atoms. The van der Waals surface area contributed by atoms with Gasteiger partial charge in [0.25, 0.3) is 11.8 Å². The normalized spacial score (nSPS) is 14.2. The van der Waals surface area contributed by atoms with E-state index in [1.807, 2.05) is 6.07 Å². The summed E-state index contributed by atoms with van der Waals surface area (Å²) in [4.78, 5) is 25.2. The number of anilines is 1. The molecule has 0 fully saturated rings. The first kappa shape index (κ1) is 21.2. The van der Waals surface area contributed by atoms with Crippen LogP contribution < -0.4 is 10.7 Å². The third-order valence-electron chi connectivity index (χ3n) is 5.04. The lowest BCUT2D eigenvalue weighted by atomic mass is 9.93. The number of hydrogen-bond donors (Lipinski definition) is 2. The highest BCUT2D eigenvalue weighted by atomic mass is 35.5. The van der Waals surface area contributed by atoms with Crippen molar-refractivity contribution in [3.05, 3.63) is 86.8 Å². The molecule has 0 saturated heterocycles. The van der Waals surface area contributed by atoms with Crippen LogP contribution in [0.4, 0.5) is 5.69 Å². The molecule has 1 aromatic heterocycles. The van der Waals surface area contributed by atoms with Crippen LogP contribution in [0.5, 0.6) is 0 Å². The van der Waals surface area contributed by atoms with E-state index in [0.29, 0.717) is 51.2 Å². The predicted molar refractivity (Wildman–Crippen MR) is 121 cm³/mol. The molecular weight excluding hydrogens is 437 g/mol. The molecule has 1 heterocycles. The van der Waals surface area contributed by atoms with Crippen molar-refractivity contribution in [3.8, 4) is 0 Å². The molecule has 1 aliphatic rings. The van der Waals surface area contributed by atoms with Crippen molar-refractivity contribution >= 4 is 46.4 Å². The first-order valence-corrected chi connectivity index (χ1v) is 10.5. The molecule has 0 spiro atoms. The Morgan fingerprint density at radius 1 is 1.03 bits per heavy atom. The minimum atomic E-state index is -0.413. The smallest absolute Gasteiger partial charge is 0.291 e. The molecule has 158 valence electrons. The van der Waals surface area contributed by atoms with E-state index in [-0.39, 0.29) is 11.7 Å². The molecule has 8 heteroatoms. The molecule has 0 aliphatic heterocycles. The van der Waals surface area contributed by atoms with Crippen molar-refractivity contribution < 1.29 is 14.0 Å². The summed E-state index contributed by atoms with van der Waals surface area (Å²) < 4.78 is 5.88. The fourth-order valence-electron chi connectivity index (χ4n) is 3.54. The Kier molecular flexibility index (Phi) is 6.11.